The second-order valence-corrected chi connectivity index (χ2v) is 6.24. The van der Waals surface area contributed by atoms with Gasteiger partial charge in [0.05, 0.1) is 6.54 Å². The Bertz CT molecular complexity index is 443. The summed E-state index contributed by atoms with van der Waals surface area (Å²) in [5, 5.41) is 8.92. The zero-order valence-electron chi connectivity index (χ0n) is 13.2. The Kier molecular flexibility index (Phi) is 8.58. The van der Waals surface area contributed by atoms with Crippen LogP contribution in [0.25, 0.3) is 0 Å². The molecule has 4 nitrogen and oxygen atoms in total. The van der Waals surface area contributed by atoms with E-state index in [2.05, 4.69) is 45.8 Å². The van der Waals surface area contributed by atoms with Crippen molar-refractivity contribution in [1.29, 1.82) is 0 Å². The predicted molar refractivity (Wildman–Crippen MR) is 103 cm³/mol. The largest absolute Gasteiger partial charge is 0.355 e. The molecule has 1 aromatic rings. The first-order valence-corrected chi connectivity index (χ1v) is 8.34. The van der Waals surface area contributed by atoms with Crippen LogP contribution in [0.3, 0.4) is 0 Å². The summed E-state index contributed by atoms with van der Waals surface area (Å²) in [5.74, 6) is 0.893. The Morgan fingerprint density at radius 1 is 1.43 bits per heavy atom. The zero-order valence-corrected chi connectivity index (χ0v) is 16.3. The molecule has 21 heavy (non-hydrogen) atoms. The molecule has 120 valence electrons. The molecule has 1 fully saturated rings. The van der Waals surface area contributed by atoms with Crippen molar-refractivity contribution in [3.8, 4) is 0 Å². The molecule has 0 radical (unpaired) electrons. The molecular formula is C15H27IN4S. The fraction of sp³-hybridized carbons (Fsp3) is 0.667. The normalized spacial score (nSPS) is 15.0. The summed E-state index contributed by atoms with van der Waals surface area (Å²) in [6, 6.07) is 3.00. The van der Waals surface area contributed by atoms with E-state index in [1.165, 1.54) is 23.3 Å². The van der Waals surface area contributed by atoms with E-state index in [-0.39, 0.29) is 24.0 Å². The molecule has 2 rings (SSSR count). The number of likely N-dealkylation sites (N-methyl/N-ethyl adjacent to an activating group) is 1. The Balaban J connectivity index is 0.00000220. The number of thiophene rings is 1. The molecule has 0 atom stereocenters. The van der Waals surface area contributed by atoms with Crippen LogP contribution in [-0.2, 0) is 6.54 Å². The van der Waals surface area contributed by atoms with Gasteiger partial charge in [0.2, 0.25) is 0 Å². The molecule has 0 spiro atoms. The minimum Gasteiger partial charge on any atom is -0.355 e. The number of rotatable bonds is 7. The molecule has 0 aliphatic heterocycles. The number of aryl methyl sites for hydroxylation is 1. The number of halogens is 1. The van der Waals surface area contributed by atoms with Gasteiger partial charge in [-0.05, 0) is 43.3 Å². The molecule has 0 aromatic carbocycles. The smallest absolute Gasteiger partial charge is 0.191 e. The standard InChI is InChI=1S/C15H26N4S.HI/c1-4-19(13-5-6-13)9-8-17-15(16-3)18-11-14-12(2)7-10-20-14;/h7,10,13H,4-6,8-9,11H2,1-3H3,(H2,16,17,18);1H. The van der Waals surface area contributed by atoms with Crippen molar-refractivity contribution < 1.29 is 0 Å². The van der Waals surface area contributed by atoms with Gasteiger partial charge in [0.25, 0.3) is 0 Å². The SMILES string of the molecule is CCN(CCNC(=NC)NCc1sccc1C)C1CC1.I. The topological polar surface area (TPSA) is 39.7 Å². The summed E-state index contributed by atoms with van der Waals surface area (Å²) < 4.78 is 0. The Labute approximate surface area is 149 Å². The molecule has 1 aliphatic carbocycles. The molecule has 1 heterocycles. The van der Waals surface area contributed by atoms with Crippen LogP contribution in [0.2, 0.25) is 0 Å². The minimum atomic E-state index is 0. The second-order valence-electron chi connectivity index (χ2n) is 5.24. The molecule has 1 aliphatic rings. The monoisotopic (exact) mass is 422 g/mol. The predicted octanol–water partition coefficient (Wildman–Crippen LogP) is 2.82. The summed E-state index contributed by atoms with van der Waals surface area (Å²) in [5.41, 5.74) is 1.35. The van der Waals surface area contributed by atoms with Crippen molar-refractivity contribution in [2.75, 3.05) is 26.7 Å². The van der Waals surface area contributed by atoms with Crippen LogP contribution in [0.5, 0.6) is 0 Å². The van der Waals surface area contributed by atoms with Crippen LogP contribution in [0.1, 0.15) is 30.2 Å². The lowest BCUT2D eigenvalue weighted by molar-refractivity contribution is 0.282. The zero-order chi connectivity index (χ0) is 14.4. The van der Waals surface area contributed by atoms with Crippen LogP contribution in [0, 0.1) is 6.92 Å². The lowest BCUT2D eigenvalue weighted by atomic mass is 10.3. The highest BCUT2D eigenvalue weighted by molar-refractivity contribution is 14.0. The maximum Gasteiger partial charge on any atom is 0.191 e. The number of nitrogens with zero attached hydrogens (tertiary/aromatic N) is 2. The van der Waals surface area contributed by atoms with Gasteiger partial charge >= 0.3 is 0 Å². The molecular weight excluding hydrogens is 395 g/mol. The van der Waals surface area contributed by atoms with E-state index in [9.17, 15) is 0 Å². The average molecular weight is 422 g/mol. The average Bonchev–Trinajstić information content (AvgIpc) is 3.22. The van der Waals surface area contributed by atoms with Crippen LogP contribution in [0.4, 0.5) is 0 Å². The van der Waals surface area contributed by atoms with Gasteiger partial charge in [-0.15, -0.1) is 35.3 Å². The Morgan fingerprint density at radius 2 is 2.19 bits per heavy atom. The van der Waals surface area contributed by atoms with E-state index in [4.69, 9.17) is 0 Å². The molecule has 0 unspecified atom stereocenters. The lowest BCUT2D eigenvalue weighted by Crippen LogP contribution is -2.41. The highest BCUT2D eigenvalue weighted by Gasteiger charge is 2.27. The third kappa shape index (κ3) is 6.12. The van der Waals surface area contributed by atoms with Crippen molar-refractivity contribution in [3.05, 3.63) is 21.9 Å². The Morgan fingerprint density at radius 3 is 2.71 bits per heavy atom. The molecule has 0 amide bonds. The fourth-order valence-electron chi connectivity index (χ4n) is 2.33. The number of hydrogen-bond acceptors (Lipinski definition) is 3. The first-order chi connectivity index (χ1) is 9.74. The van der Waals surface area contributed by atoms with E-state index >= 15 is 0 Å². The van der Waals surface area contributed by atoms with Crippen LogP contribution >= 0.6 is 35.3 Å². The molecule has 0 bridgehead atoms. The summed E-state index contributed by atoms with van der Waals surface area (Å²) in [6.07, 6.45) is 2.75. The van der Waals surface area contributed by atoms with Crippen LogP contribution in [0.15, 0.2) is 16.4 Å². The summed E-state index contributed by atoms with van der Waals surface area (Å²) in [7, 11) is 1.83. The number of hydrogen-bond donors (Lipinski definition) is 2. The first-order valence-electron chi connectivity index (χ1n) is 7.46. The number of guanidine groups is 1. The van der Waals surface area contributed by atoms with Crippen molar-refractivity contribution in [1.82, 2.24) is 15.5 Å². The highest BCUT2D eigenvalue weighted by atomic mass is 127. The van der Waals surface area contributed by atoms with E-state index in [1.54, 1.807) is 11.3 Å². The summed E-state index contributed by atoms with van der Waals surface area (Å²) in [6.45, 7) is 8.44. The van der Waals surface area contributed by atoms with Gasteiger partial charge in [0, 0.05) is 31.1 Å². The van der Waals surface area contributed by atoms with E-state index in [0.29, 0.717) is 0 Å². The van der Waals surface area contributed by atoms with E-state index < -0.39 is 0 Å². The van der Waals surface area contributed by atoms with Gasteiger partial charge in [-0.3, -0.25) is 9.89 Å². The first kappa shape index (κ1) is 18.7. The lowest BCUT2D eigenvalue weighted by Gasteiger charge is -2.20. The quantitative estimate of drug-likeness (QED) is 0.403. The van der Waals surface area contributed by atoms with Gasteiger partial charge in [-0.1, -0.05) is 6.92 Å². The van der Waals surface area contributed by atoms with Gasteiger partial charge in [0.15, 0.2) is 5.96 Å². The maximum atomic E-state index is 4.28. The van der Waals surface area contributed by atoms with Gasteiger partial charge in [-0.2, -0.15) is 0 Å². The van der Waals surface area contributed by atoms with Gasteiger partial charge in [-0.25, -0.2) is 0 Å². The van der Waals surface area contributed by atoms with Crippen molar-refractivity contribution in [2.45, 2.75) is 39.3 Å². The summed E-state index contributed by atoms with van der Waals surface area (Å²) >= 11 is 1.79. The van der Waals surface area contributed by atoms with Crippen molar-refractivity contribution in [2.24, 2.45) is 4.99 Å². The maximum absolute atomic E-state index is 4.28. The van der Waals surface area contributed by atoms with Crippen molar-refractivity contribution in [3.63, 3.8) is 0 Å². The third-order valence-corrected chi connectivity index (χ3v) is 4.79. The molecule has 1 aromatic heterocycles. The molecule has 2 N–H and O–H groups in total. The van der Waals surface area contributed by atoms with Crippen molar-refractivity contribution >= 4 is 41.3 Å². The van der Waals surface area contributed by atoms with Gasteiger partial charge < -0.3 is 10.6 Å². The molecule has 0 saturated heterocycles. The van der Waals surface area contributed by atoms with E-state index in [0.717, 1.165) is 38.2 Å². The highest BCUT2D eigenvalue weighted by Crippen LogP contribution is 2.25. The van der Waals surface area contributed by atoms with E-state index in [1.807, 2.05) is 7.05 Å². The fourth-order valence-corrected chi connectivity index (χ4v) is 3.17. The number of aliphatic imine (C=N–C) groups is 1. The molecule has 6 heteroatoms. The second kappa shape index (κ2) is 9.63. The van der Waals surface area contributed by atoms with Crippen LogP contribution < -0.4 is 10.6 Å². The van der Waals surface area contributed by atoms with Crippen LogP contribution in [-0.4, -0.2) is 43.6 Å². The molecule has 1 saturated carbocycles. The number of nitrogens with one attached hydrogen (secondary N) is 2. The van der Waals surface area contributed by atoms with Gasteiger partial charge in [0.1, 0.15) is 0 Å². The minimum absolute atomic E-state index is 0. The summed E-state index contributed by atoms with van der Waals surface area (Å²) in [4.78, 5) is 8.20. The Hall–Kier alpha value is -0.340. The third-order valence-electron chi connectivity index (χ3n) is 3.77.